The Labute approximate surface area is 144 Å². The predicted molar refractivity (Wildman–Crippen MR) is 90.3 cm³/mol. The highest BCUT2D eigenvalue weighted by atomic mass is 16.5. The number of carbonyl (C=O) groups excluding carboxylic acids is 3. The first kappa shape index (κ1) is 18.0. The molecule has 25 heavy (non-hydrogen) atoms. The number of hydrogen-bond donors (Lipinski definition) is 1. The van der Waals surface area contributed by atoms with Crippen LogP contribution in [0.1, 0.15) is 20.7 Å². The molecule has 0 bridgehead atoms. The average Bonchev–Trinajstić information content (AvgIpc) is 2.65. The zero-order valence-corrected chi connectivity index (χ0v) is 13.8. The number of aldehydes is 1. The van der Waals surface area contributed by atoms with Crippen molar-refractivity contribution in [2.45, 2.75) is 0 Å². The van der Waals surface area contributed by atoms with Crippen LogP contribution >= 0.6 is 0 Å². The van der Waals surface area contributed by atoms with Crippen LogP contribution < -0.4 is 14.8 Å². The molecule has 0 aliphatic carbocycles. The highest BCUT2D eigenvalue weighted by molar-refractivity contribution is 5.96. The maximum atomic E-state index is 11.9. The lowest BCUT2D eigenvalue weighted by atomic mass is 10.1. The maximum Gasteiger partial charge on any atom is 0.338 e. The van der Waals surface area contributed by atoms with Crippen molar-refractivity contribution in [1.82, 2.24) is 0 Å². The molecule has 0 aliphatic heterocycles. The lowest BCUT2D eigenvalue weighted by molar-refractivity contribution is -0.119. The molecule has 0 aliphatic rings. The molecular formula is C18H17NO6. The Morgan fingerprint density at radius 2 is 1.60 bits per heavy atom. The minimum atomic E-state index is -0.657. The predicted octanol–water partition coefficient (Wildman–Crippen LogP) is 2.31. The van der Waals surface area contributed by atoms with Gasteiger partial charge in [-0.1, -0.05) is 12.1 Å². The zero-order valence-electron chi connectivity index (χ0n) is 13.8. The van der Waals surface area contributed by atoms with Crippen LogP contribution in [0.5, 0.6) is 11.5 Å². The molecule has 1 N–H and O–H groups in total. The first-order valence-corrected chi connectivity index (χ1v) is 7.31. The van der Waals surface area contributed by atoms with Crippen LogP contribution in [0.3, 0.4) is 0 Å². The third-order valence-electron chi connectivity index (χ3n) is 3.25. The second-order valence-corrected chi connectivity index (χ2v) is 4.97. The summed E-state index contributed by atoms with van der Waals surface area (Å²) in [6, 6.07) is 10.8. The highest BCUT2D eigenvalue weighted by Crippen LogP contribution is 2.25. The van der Waals surface area contributed by atoms with Crippen LogP contribution in [0.15, 0.2) is 42.5 Å². The molecule has 0 saturated carbocycles. The topological polar surface area (TPSA) is 90.9 Å². The fourth-order valence-electron chi connectivity index (χ4n) is 1.99. The molecule has 0 atom stereocenters. The van der Waals surface area contributed by atoms with E-state index in [2.05, 4.69) is 5.32 Å². The van der Waals surface area contributed by atoms with Crippen LogP contribution in [0.4, 0.5) is 5.69 Å². The summed E-state index contributed by atoms with van der Waals surface area (Å²) in [5.74, 6) is -0.132. The molecule has 0 aromatic heterocycles. The number of nitrogens with one attached hydrogen (secondary N) is 1. The molecule has 0 radical (unpaired) electrons. The molecule has 0 spiro atoms. The van der Waals surface area contributed by atoms with E-state index in [4.69, 9.17) is 14.2 Å². The Kier molecular flexibility index (Phi) is 6.11. The number of methoxy groups -OCH3 is 2. The second kappa shape index (κ2) is 8.49. The third kappa shape index (κ3) is 5.07. The summed E-state index contributed by atoms with van der Waals surface area (Å²) < 4.78 is 15.2. The van der Waals surface area contributed by atoms with E-state index < -0.39 is 18.5 Å². The van der Waals surface area contributed by atoms with E-state index in [9.17, 15) is 14.4 Å². The van der Waals surface area contributed by atoms with E-state index >= 15 is 0 Å². The molecule has 2 rings (SSSR count). The summed E-state index contributed by atoms with van der Waals surface area (Å²) >= 11 is 0. The molecule has 7 heteroatoms. The fraction of sp³-hybridized carbons (Fsp3) is 0.167. The largest absolute Gasteiger partial charge is 0.497 e. The lowest BCUT2D eigenvalue weighted by Crippen LogP contribution is -2.21. The quantitative estimate of drug-likeness (QED) is 0.613. The number of benzene rings is 2. The van der Waals surface area contributed by atoms with Gasteiger partial charge in [-0.3, -0.25) is 9.59 Å². The smallest absolute Gasteiger partial charge is 0.338 e. The molecule has 0 heterocycles. The van der Waals surface area contributed by atoms with Crippen molar-refractivity contribution in [1.29, 1.82) is 0 Å². The summed E-state index contributed by atoms with van der Waals surface area (Å²) in [5, 5.41) is 2.59. The Balaban J connectivity index is 1.93. The van der Waals surface area contributed by atoms with E-state index in [0.29, 0.717) is 29.0 Å². The number of rotatable bonds is 7. The Hall–Kier alpha value is -3.35. The van der Waals surface area contributed by atoms with Crippen LogP contribution in [-0.2, 0) is 9.53 Å². The third-order valence-corrected chi connectivity index (χ3v) is 3.25. The van der Waals surface area contributed by atoms with Crippen molar-refractivity contribution < 1.29 is 28.6 Å². The van der Waals surface area contributed by atoms with Crippen LogP contribution in [0.25, 0.3) is 0 Å². The SMILES string of the molecule is COc1cc(NC(=O)COC(=O)c2ccc(C=O)cc2)cc(OC)c1. The molecule has 0 fully saturated rings. The second-order valence-electron chi connectivity index (χ2n) is 4.97. The number of ether oxygens (including phenoxy) is 3. The molecular weight excluding hydrogens is 326 g/mol. The van der Waals surface area contributed by atoms with Gasteiger partial charge in [0.2, 0.25) is 0 Å². The first-order chi connectivity index (χ1) is 12.0. The van der Waals surface area contributed by atoms with Crippen molar-refractivity contribution in [3.8, 4) is 11.5 Å². The maximum absolute atomic E-state index is 11.9. The van der Waals surface area contributed by atoms with Crippen LogP contribution in [-0.4, -0.2) is 39.0 Å². The summed E-state index contributed by atoms with van der Waals surface area (Å²) in [4.78, 5) is 34.4. The van der Waals surface area contributed by atoms with E-state index in [1.54, 1.807) is 18.2 Å². The number of anilines is 1. The van der Waals surface area contributed by atoms with Gasteiger partial charge in [-0.2, -0.15) is 0 Å². The van der Waals surface area contributed by atoms with Crippen LogP contribution in [0.2, 0.25) is 0 Å². The number of carbonyl (C=O) groups is 3. The number of amides is 1. The summed E-state index contributed by atoms with van der Waals surface area (Å²) in [6.45, 7) is -0.451. The van der Waals surface area contributed by atoms with Gasteiger partial charge in [-0.25, -0.2) is 4.79 Å². The molecule has 2 aromatic carbocycles. The minimum absolute atomic E-state index is 0.251. The van der Waals surface area contributed by atoms with Gasteiger partial charge in [0, 0.05) is 29.4 Å². The molecule has 2 aromatic rings. The minimum Gasteiger partial charge on any atom is -0.497 e. The van der Waals surface area contributed by atoms with Crippen molar-refractivity contribution in [3.63, 3.8) is 0 Å². The number of esters is 1. The van der Waals surface area contributed by atoms with Gasteiger partial charge in [0.15, 0.2) is 6.61 Å². The van der Waals surface area contributed by atoms with E-state index in [-0.39, 0.29) is 5.56 Å². The van der Waals surface area contributed by atoms with Crippen LogP contribution in [0, 0.1) is 0 Å². The van der Waals surface area contributed by atoms with Crippen molar-refractivity contribution in [2.24, 2.45) is 0 Å². The monoisotopic (exact) mass is 343 g/mol. The standard InChI is InChI=1S/C18H17NO6/c1-23-15-7-14(8-16(9-15)24-2)19-17(21)11-25-18(22)13-5-3-12(10-20)4-6-13/h3-10H,11H2,1-2H3,(H,19,21). The number of hydrogen-bond acceptors (Lipinski definition) is 6. The van der Waals surface area contributed by atoms with Crippen molar-refractivity contribution in [3.05, 3.63) is 53.6 Å². The average molecular weight is 343 g/mol. The molecule has 0 unspecified atom stereocenters. The molecule has 7 nitrogen and oxygen atoms in total. The van der Waals surface area contributed by atoms with Gasteiger partial charge in [0.1, 0.15) is 17.8 Å². The summed E-state index contributed by atoms with van der Waals surface area (Å²) in [6.07, 6.45) is 0.672. The molecule has 130 valence electrons. The summed E-state index contributed by atoms with van der Waals surface area (Å²) in [7, 11) is 3.00. The Morgan fingerprint density at radius 1 is 1.00 bits per heavy atom. The van der Waals surface area contributed by atoms with E-state index in [1.807, 2.05) is 0 Å². The van der Waals surface area contributed by atoms with Gasteiger partial charge in [0.05, 0.1) is 19.8 Å². The van der Waals surface area contributed by atoms with Gasteiger partial charge in [0.25, 0.3) is 5.91 Å². The molecule has 0 saturated heterocycles. The lowest BCUT2D eigenvalue weighted by Gasteiger charge is -2.10. The van der Waals surface area contributed by atoms with Crippen molar-refractivity contribution >= 4 is 23.9 Å². The highest BCUT2D eigenvalue weighted by Gasteiger charge is 2.11. The zero-order chi connectivity index (χ0) is 18.2. The van der Waals surface area contributed by atoms with E-state index in [0.717, 1.165) is 0 Å². The van der Waals surface area contributed by atoms with Gasteiger partial charge in [-0.05, 0) is 12.1 Å². The first-order valence-electron chi connectivity index (χ1n) is 7.31. The van der Waals surface area contributed by atoms with Gasteiger partial charge >= 0.3 is 5.97 Å². The Bertz CT molecular complexity index is 747. The summed E-state index contributed by atoms with van der Waals surface area (Å²) in [5.41, 5.74) is 1.15. The van der Waals surface area contributed by atoms with Gasteiger partial charge in [-0.15, -0.1) is 0 Å². The normalized spacial score (nSPS) is 9.84. The van der Waals surface area contributed by atoms with E-state index in [1.165, 1.54) is 38.5 Å². The van der Waals surface area contributed by atoms with Crippen molar-refractivity contribution in [2.75, 3.05) is 26.1 Å². The Morgan fingerprint density at radius 3 is 2.12 bits per heavy atom. The molecule has 1 amide bonds. The fourth-order valence-corrected chi connectivity index (χ4v) is 1.99. The van der Waals surface area contributed by atoms with Gasteiger partial charge < -0.3 is 19.5 Å².